The van der Waals surface area contributed by atoms with Crippen molar-refractivity contribution in [1.82, 2.24) is 10.2 Å². The smallest absolute Gasteiger partial charge is 0.319 e. The number of hydrogen-bond donors (Lipinski definition) is 1. The molecule has 1 atom stereocenters. The van der Waals surface area contributed by atoms with Gasteiger partial charge >= 0.3 is 5.97 Å². The van der Waals surface area contributed by atoms with E-state index in [1.54, 1.807) is 27.8 Å². The summed E-state index contributed by atoms with van der Waals surface area (Å²) < 4.78 is 4.93. The fourth-order valence-corrected chi connectivity index (χ4v) is 2.29. The third-order valence-electron chi connectivity index (χ3n) is 3.74. The Bertz CT molecular complexity index is 393. The van der Waals surface area contributed by atoms with Gasteiger partial charge in [-0.05, 0) is 40.2 Å². The molecule has 1 N–H and O–H groups in total. The molecule has 0 aromatic carbocycles. The number of nitrogens with zero attached hydrogens (tertiary/aromatic N) is 1. The van der Waals surface area contributed by atoms with E-state index in [4.69, 9.17) is 4.74 Å². The molecule has 20 heavy (non-hydrogen) atoms. The van der Waals surface area contributed by atoms with Crippen LogP contribution < -0.4 is 5.32 Å². The van der Waals surface area contributed by atoms with Gasteiger partial charge in [-0.3, -0.25) is 19.3 Å². The van der Waals surface area contributed by atoms with Crippen LogP contribution in [-0.4, -0.2) is 55.3 Å². The Morgan fingerprint density at radius 1 is 1.35 bits per heavy atom. The van der Waals surface area contributed by atoms with E-state index in [2.05, 4.69) is 5.32 Å². The lowest BCUT2D eigenvalue weighted by atomic mass is 9.87. The molecular formula is C14H24N2O4. The number of Topliss-reactive ketones (excluding diaryl/α,β-unsaturated/α-hetero) is 1. The van der Waals surface area contributed by atoms with Gasteiger partial charge in [-0.1, -0.05) is 0 Å². The minimum atomic E-state index is -1.17. The van der Waals surface area contributed by atoms with Crippen molar-refractivity contribution in [3.63, 3.8) is 0 Å². The van der Waals surface area contributed by atoms with E-state index in [1.165, 1.54) is 0 Å². The maximum absolute atomic E-state index is 12.3. The maximum Gasteiger partial charge on any atom is 0.319 e. The normalized spacial score (nSPS) is 19.7. The monoisotopic (exact) mass is 284 g/mol. The van der Waals surface area contributed by atoms with E-state index < -0.39 is 11.4 Å². The number of rotatable bonds is 6. The van der Waals surface area contributed by atoms with E-state index in [0.717, 1.165) is 12.8 Å². The van der Waals surface area contributed by atoms with Crippen LogP contribution in [0, 0.1) is 5.41 Å². The Kier molecular flexibility index (Phi) is 5.68. The molecule has 0 aromatic rings. The average Bonchev–Trinajstić information content (AvgIpc) is 2.86. The number of carbonyl (C=O) groups excluding carboxylic acids is 3. The Hall–Kier alpha value is -1.43. The summed E-state index contributed by atoms with van der Waals surface area (Å²) in [6.45, 7) is 5.89. The second-order valence-corrected chi connectivity index (χ2v) is 5.51. The molecular weight excluding hydrogens is 260 g/mol. The zero-order chi connectivity index (χ0) is 15.3. The molecule has 0 aromatic heterocycles. The van der Waals surface area contributed by atoms with Crippen LogP contribution in [0.3, 0.4) is 0 Å². The number of ketones is 1. The van der Waals surface area contributed by atoms with Gasteiger partial charge in [0.25, 0.3) is 0 Å². The van der Waals surface area contributed by atoms with E-state index in [1.807, 2.05) is 4.90 Å². The molecule has 1 fully saturated rings. The minimum Gasteiger partial charge on any atom is -0.465 e. The van der Waals surface area contributed by atoms with Crippen LogP contribution in [0.25, 0.3) is 0 Å². The number of nitrogens with one attached hydrogen (secondary N) is 1. The Morgan fingerprint density at radius 2 is 2.00 bits per heavy atom. The third-order valence-corrected chi connectivity index (χ3v) is 3.74. The fourth-order valence-electron chi connectivity index (χ4n) is 2.29. The summed E-state index contributed by atoms with van der Waals surface area (Å²) in [6.07, 6.45) is 1.62. The number of carbonyl (C=O) groups is 3. The first-order valence-electron chi connectivity index (χ1n) is 7.00. The third kappa shape index (κ3) is 3.56. The number of ether oxygens (including phenoxy) is 1. The first kappa shape index (κ1) is 16.6. The molecule has 0 spiro atoms. The van der Waals surface area contributed by atoms with Crippen molar-refractivity contribution >= 4 is 17.7 Å². The Morgan fingerprint density at radius 3 is 2.55 bits per heavy atom. The number of likely N-dealkylation sites (tertiary alicyclic amines) is 1. The summed E-state index contributed by atoms with van der Waals surface area (Å²) in [5.74, 6) is -0.809. The van der Waals surface area contributed by atoms with Crippen molar-refractivity contribution < 1.29 is 19.1 Å². The second kappa shape index (κ2) is 6.83. The maximum atomic E-state index is 12.3. The quantitative estimate of drug-likeness (QED) is 0.563. The van der Waals surface area contributed by atoms with Gasteiger partial charge in [0.15, 0.2) is 5.78 Å². The van der Waals surface area contributed by atoms with E-state index in [0.29, 0.717) is 6.54 Å². The molecule has 1 unspecified atom stereocenters. The zero-order valence-electron chi connectivity index (χ0n) is 12.7. The van der Waals surface area contributed by atoms with E-state index >= 15 is 0 Å². The molecule has 114 valence electrons. The van der Waals surface area contributed by atoms with Gasteiger partial charge < -0.3 is 10.1 Å². The lowest BCUT2D eigenvalue weighted by Gasteiger charge is -2.27. The molecule has 1 saturated heterocycles. The summed E-state index contributed by atoms with van der Waals surface area (Å²) in [5.41, 5.74) is -1.17. The highest BCUT2D eigenvalue weighted by atomic mass is 16.5. The van der Waals surface area contributed by atoms with Gasteiger partial charge in [-0.2, -0.15) is 0 Å². The predicted molar refractivity (Wildman–Crippen MR) is 74.1 cm³/mol. The highest BCUT2D eigenvalue weighted by Gasteiger charge is 2.40. The molecule has 0 radical (unpaired) electrons. The Balaban J connectivity index is 2.69. The second-order valence-electron chi connectivity index (χ2n) is 5.51. The van der Waals surface area contributed by atoms with Crippen LogP contribution in [-0.2, 0) is 19.1 Å². The van der Waals surface area contributed by atoms with Gasteiger partial charge in [0.2, 0.25) is 5.91 Å². The van der Waals surface area contributed by atoms with Crippen LogP contribution in [0.4, 0.5) is 0 Å². The van der Waals surface area contributed by atoms with Gasteiger partial charge in [0.05, 0.1) is 19.2 Å². The predicted octanol–water partition coefficient (Wildman–Crippen LogP) is 0.355. The van der Waals surface area contributed by atoms with Gasteiger partial charge in [-0.25, -0.2) is 0 Å². The SMILES string of the molecule is CCOC(=O)C(C)(C)C(=O)CN1CCCC1C(=O)NC. The average molecular weight is 284 g/mol. The van der Waals surface area contributed by atoms with Crippen LogP contribution in [0.5, 0.6) is 0 Å². The summed E-state index contributed by atoms with van der Waals surface area (Å²) in [4.78, 5) is 37.7. The molecule has 1 heterocycles. The van der Waals surface area contributed by atoms with Crippen LogP contribution in [0.15, 0.2) is 0 Å². The molecule has 1 aliphatic rings. The first-order chi connectivity index (χ1) is 9.34. The van der Waals surface area contributed by atoms with Crippen LogP contribution in [0.2, 0.25) is 0 Å². The van der Waals surface area contributed by atoms with Gasteiger partial charge in [-0.15, -0.1) is 0 Å². The molecule has 6 nitrogen and oxygen atoms in total. The van der Waals surface area contributed by atoms with Crippen molar-refractivity contribution in [3.05, 3.63) is 0 Å². The standard InChI is InChI=1S/C14H24N2O4/c1-5-20-13(19)14(2,3)11(17)9-16-8-6-7-10(16)12(18)15-4/h10H,5-9H2,1-4H3,(H,15,18). The van der Waals surface area contributed by atoms with E-state index in [-0.39, 0.29) is 30.9 Å². The molecule has 1 aliphatic heterocycles. The van der Waals surface area contributed by atoms with Gasteiger partial charge in [0.1, 0.15) is 5.41 Å². The van der Waals surface area contributed by atoms with Crippen LogP contribution >= 0.6 is 0 Å². The topological polar surface area (TPSA) is 75.7 Å². The van der Waals surface area contributed by atoms with Crippen molar-refractivity contribution in [2.75, 3.05) is 26.7 Å². The Labute approximate surface area is 119 Å². The molecule has 1 amide bonds. The van der Waals surface area contributed by atoms with Crippen LogP contribution in [0.1, 0.15) is 33.6 Å². The molecule has 0 bridgehead atoms. The highest BCUT2D eigenvalue weighted by molar-refractivity contribution is 6.04. The van der Waals surface area contributed by atoms with Crippen molar-refractivity contribution in [2.24, 2.45) is 5.41 Å². The zero-order valence-corrected chi connectivity index (χ0v) is 12.7. The lowest BCUT2D eigenvalue weighted by molar-refractivity contribution is -0.158. The number of esters is 1. The summed E-state index contributed by atoms with van der Waals surface area (Å²) in [7, 11) is 1.59. The van der Waals surface area contributed by atoms with Gasteiger partial charge in [0, 0.05) is 7.05 Å². The number of amides is 1. The number of hydrogen-bond acceptors (Lipinski definition) is 5. The fraction of sp³-hybridized carbons (Fsp3) is 0.786. The van der Waals surface area contributed by atoms with E-state index in [9.17, 15) is 14.4 Å². The molecule has 0 saturated carbocycles. The largest absolute Gasteiger partial charge is 0.465 e. The van der Waals surface area contributed by atoms with Crippen molar-refractivity contribution in [2.45, 2.75) is 39.7 Å². The summed E-state index contributed by atoms with van der Waals surface area (Å²) in [5, 5.41) is 2.61. The number of likely N-dealkylation sites (N-methyl/N-ethyl adjacent to an activating group) is 1. The minimum absolute atomic E-state index is 0.0794. The lowest BCUT2D eigenvalue weighted by Crippen LogP contribution is -2.47. The first-order valence-corrected chi connectivity index (χ1v) is 7.00. The summed E-state index contributed by atoms with van der Waals surface area (Å²) >= 11 is 0. The molecule has 1 rings (SSSR count). The molecule has 6 heteroatoms. The van der Waals surface area contributed by atoms with Crippen molar-refractivity contribution in [3.8, 4) is 0 Å². The highest BCUT2D eigenvalue weighted by Crippen LogP contribution is 2.23. The molecule has 0 aliphatic carbocycles. The summed E-state index contributed by atoms with van der Waals surface area (Å²) in [6, 6.07) is -0.276. The van der Waals surface area contributed by atoms with Crippen molar-refractivity contribution in [1.29, 1.82) is 0 Å².